The largest absolute Gasteiger partial charge is 0.352 e. The Morgan fingerprint density at radius 3 is 2.47 bits per heavy atom. The van der Waals surface area contributed by atoms with E-state index in [0.29, 0.717) is 0 Å². The fourth-order valence-corrected chi connectivity index (χ4v) is 5.69. The van der Waals surface area contributed by atoms with Gasteiger partial charge in [-0.25, -0.2) is 12.7 Å². The molecule has 34 heavy (non-hydrogen) atoms. The molecule has 0 aliphatic carbocycles. The Morgan fingerprint density at radius 2 is 1.82 bits per heavy atom. The van der Waals surface area contributed by atoms with E-state index in [2.05, 4.69) is 21.2 Å². The molecule has 0 radical (unpaired) electrons. The molecule has 1 aliphatic rings. The van der Waals surface area contributed by atoms with Gasteiger partial charge < -0.3 is 10.2 Å². The summed E-state index contributed by atoms with van der Waals surface area (Å²) in [6.07, 6.45) is 0.501. The number of hydrogen-bond donors (Lipinski definition) is 1. The summed E-state index contributed by atoms with van der Waals surface area (Å²) in [7, 11) is -4.01. The number of fused-ring (bicyclic) bond motifs is 1. The molecule has 8 nitrogen and oxygen atoms in total. The molecule has 0 saturated carbocycles. The van der Waals surface area contributed by atoms with Gasteiger partial charge in [0.2, 0.25) is 11.8 Å². The molecular weight excluding hydrogens is 522 g/mol. The maximum absolute atomic E-state index is 13.3. The van der Waals surface area contributed by atoms with Gasteiger partial charge in [0.05, 0.1) is 5.56 Å². The van der Waals surface area contributed by atoms with Crippen molar-refractivity contribution in [1.29, 1.82) is 0 Å². The first-order valence-electron chi connectivity index (χ1n) is 11.1. The topological polar surface area (TPSA) is 104 Å². The van der Waals surface area contributed by atoms with Crippen molar-refractivity contribution in [3.8, 4) is 0 Å². The fraction of sp³-hybridized carbons (Fsp3) is 0.375. The summed E-state index contributed by atoms with van der Waals surface area (Å²) in [4.78, 5) is 40.1. The Kier molecular flexibility index (Phi) is 8.14. The Labute approximate surface area is 208 Å². The average molecular weight is 550 g/mol. The Morgan fingerprint density at radius 1 is 1.12 bits per heavy atom. The summed E-state index contributed by atoms with van der Waals surface area (Å²) < 4.78 is 27.2. The number of carbonyl (C=O) groups excluding carboxylic acids is 3. The minimum atomic E-state index is -4.01. The summed E-state index contributed by atoms with van der Waals surface area (Å²) in [6.45, 7) is 5.33. The molecule has 1 N–H and O–H groups in total. The van der Waals surface area contributed by atoms with Crippen LogP contribution in [0.5, 0.6) is 0 Å². The molecule has 2 atom stereocenters. The van der Waals surface area contributed by atoms with Crippen molar-refractivity contribution < 1.29 is 22.8 Å². The SMILES string of the molecule is CC[C@H](C)NC(=O)[C@@H](C)N(Cc1cccc(Br)c1)C(=O)CCN1C(=O)c2ccccc2S1(=O)=O. The third kappa shape index (κ3) is 5.50. The quantitative estimate of drug-likeness (QED) is 0.516. The first-order valence-corrected chi connectivity index (χ1v) is 13.3. The van der Waals surface area contributed by atoms with Crippen LogP contribution >= 0.6 is 15.9 Å². The van der Waals surface area contributed by atoms with Crippen LogP contribution in [-0.2, 0) is 26.2 Å². The summed E-state index contributed by atoms with van der Waals surface area (Å²) in [5.41, 5.74) is 0.908. The highest BCUT2D eigenvalue weighted by Crippen LogP contribution is 2.30. The minimum Gasteiger partial charge on any atom is -0.352 e. The lowest BCUT2D eigenvalue weighted by Crippen LogP contribution is -2.50. The van der Waals surface area contributed by atoms with Crippen molar-refractivity contribution in [1.82, 2.24) is 14.5 Å². The summed E-state index contributed by atoms with van der Waals surface area (Å²) >= 11 is 3.41. The van der Waals surface area contributed by atoms with E-state index >= 15 is 0 Å². The standard InChI is InChI=1S/C24H28BrN3O5S/c1-4-16(2)26-23(30)17(3)27(15-18-8-7-9-19(25)14-18)22(29)12-13-28-24(31)20-10-5-6-11-21(20)34(28,32)33/h5-11,14,16-17H,4,12-13,15H2,1-3H3,(H,26,30)/t16-,17+/m0/s1. The number of nitrogens with zero attached hydrogens (tertiary/aromatic N) is 2. The molecule has 0 bridgehead atoms. The smallest absolute Gasteiger partial charge is 0.269 e. The predicted octanol–water partition coefficient (Wildman–Crippen LogP) is 3.32. The van der Waals surface area contributed by atoms with E-state index in [4.69, 9.17) is 0 Å². The molecule has 0 fully saturated rings. The molecule has 0 unspecified atom stereocenters. The highest BCUT2D eigenvalue weighted by Gasteiger charge is 2.41. The third-order valence-electron chi connectivity index (χ3n) is 5.85. The maximum atomic E-state index is 13.3. The van der Waals surface area contributed by atoms with E-state index in [-0.39, 0.29) is 41.9 Å². The maximum Gasteiger partial charge on any atom is 0.269 e. The molecule has 1 aliphatic heterocycles. The van der Waals surface area contributed by atoms with E-state index in [0.717, 1.165) is 20.8 Å². The van der Waals surface area contributed by atoms with Crippen molar-refractivity contribution in [2.24, 2.45) is 0 Å². The van der Waals surface area contributed by atoms with E-state index in [1.54, 1.807) is 19.1 Å². The van der Waals surface area contributed by atoms with E-state index in [1.807, 2.05) is 38.1 Å². The second-order valence-corrected chi connectivity index (χ2v) is 11.0. The monoisotopic (exact) mass is 549 g/mol. The molecule has 3 amide bonds. The van der Waals surface area contributed by atoms with Gasteiger partial charge in [-0.05, 0) is 50.1 Å². The van der Waals surface area contributed by atoms with Gasteiger partial charge in [0, 0.05) is 30.0 Å². The van der Waals surface area contributed by atoms with Crippen molar-refractivity contribution in [3.63, 3.8) is 0 Å². The average Bonchev–Trinajstić information content (AvgIpc) is 3.00. The molecule has 0 spiro atoms. The Hall–Kier alpha value is -2.72. The van der Waals surface area contributed by atoms with Crippen LogP contribution in [0.15, 0.2) is 57.9 Å². The lowest BCUT2D eigenvalue weighted by molar-refractivity contribution is -0.140. The second kappa shape index (κ2) is 10.7. The molecule has 0 saturated heterocycles. The van der Waals surface area contributed by atoms with Gasteiger partial charge in [0.25, 0.3) is 15.9 Å². The predicted molar refractivity (Wildman–Crippen MR) is 131 cm³/mol. The van der Waals surface area contributed by atoms with Crippen LogP contribution in [0.2, 0.25) is 0 Å². The van der Waals surface area contributed by atoms with E-state index in [9.17, 15) is 22.8 Å². The zero-order valence-electron chi connectivity index (χ0n) is 19.3. The van der Waals surface area contributed by atoms with Crippen molar-refractivity contribution in [2.45, 2.75) is 57.1 Å². The number of amides is 3. The van der Waals surface area contributed by atoms with Gasteiger partial charge in [-0.15, -0.1) is 0 Å². The minimum absolute atomic E-state index is 0.0522. The molecule has 182 valence electrons. The van der Waals surface area contributed by atoms with Gasteiger partial charge in [-0.1, -0.05) is 47.1 Å². The molecule has 3 rings (SSSR count). The van der Waals surface area contributed by atoms with Crippen LogP contribution < -0.4 is 5.32 Å². The van der Waals surface area contributed by atoms with Crippen LogP contribution in [-0.4, -0.2) is 54.0 Å². The van der Waals surface area contributed by atoms with Crippen LogP contribution in [0, 0.1) is 0 Å². The Bertz CT molecular complexity index is 1200. The molecule has 10 heteroatoms. The normalized spacial score (nSPS) is 16.0. The molecule has 2 aromatic carbocycles. The summed E-state index contributed by atoms with van der Waals surface area (Å²) in [5, 5.41) is 2.89. The Balaban J connectivity index is 1.79. The van der Waals surface area contributed by atoms with Gasteiger partial charge in [0.15, 0.2) is 0 Å². The lowest BCUT2D eigenvalue weighted by atomic mass is 10.1. The number of sulfonamides is 1. The third-order valence-corrected chi connectivity index (χ3v) is 8.18. The number of hydrogen-bond acceptors (Lipinski definition) is 5. The van der Waals surface area contributed by atoms with Gasteiger partial charge >= 0.3 is 0 Å². The number of nitrogens with one attached hydrogen (secondary N) is 1. The second-order valence-electron chi connectivity index (χ2n) is 8.27. The first-order chi connectivity index (χ1) is 16.1. The molecular formula is C24H28BrN3O5S. The summed E-state index contributed by atoms with van der Waals surface area (Å²) in [6, 6.07) is 12.5. The van der Waals surface area contributed by atoms with E-state index in [1.165, 1.54) is 17.0 Å². The number of carbonyl (C=O) groups is 3. The zero-order valence-corrected chi connectivity index (χ0v) is 21.7. The molecule has 0 aromatic heterocycles. The van der Waals surface area contributed by atoms with Crippen LogP contribution in [0.1, 0.15) is 49.5 Å². The molecule has 1 heterocycles. The first kappa shape index (κ1) is 25.9. The lowest BCUT2D eigenvalue weighted by Gasteiger charge is -2.30. The molecule has 2 aromatic rings. The zero-order chi connectivity index (χ0) is 25.0. The van der Waals surface area contributed by atoms with Gasteiger partial charge in [0.1, 0.15) is 10.9 Å². The van der Waals surface area contributed by atoms with E-state index < -0.39 is 27.9 Å². The number of halogens is 1. The van der Waals surface area contributed by atoms with Gasteiger partial charge in [-0.2, -0.15) is 0 Å². The summed E-state index contributed by atoms with van der Waals surface area (Å²) in [5.74, 6) is -1.37. The highest BCUT2D eigenvalue weighted by atomic mass is 79.9. The fourth-order valence-electron chi connectivity index (χ4n) is 3.67. The highest BCUT2D eigenvalue weighted by molar-refractivity contribution is 9.10. The van der Waals surface area contributed by atoms with Crippen molar-refractivity contribution in [3.05, 3.63) is 64.1 Å². The van der Waals surface area contributed by atoms with Crippen LogP contribution in [0.4, 0.5) is 0 Å². The van der Waals surface area contributed by atoms with Crippen LogP contribution in [0.25, 0.3) is 0 Å². The van der Waals surface area contributed by atoms with Crippen LogP contribution in [0.3, 0.4) is 0 Å². The number of rotatable bonds is 9. The van der Waals surface area contributed by atoms with Crippen molar-refractivity contribution >= 4 is 43.7 Å². The van der Waals surface area contributed by atoms with Gasteiger partial charge in [-0.3, -0.25) is 14.4 Å². The van der Waals surface area contributed by atoms with Crippen molar-refractivity contribution in [2.75, 3.05) is 6.54 Å². The number of benzene rings is 2.